The third kappa shape index (κ3) is 1.91. The molecule has 0 bridgehead atoms. The normalized spacial score (nSPS) is 9.33. The van der Waals surface area contributed by atoms with Gasteiger partial charge in [-0.2, -0.15) is 5.26 Å². The van der Waals surface area contributed by atoms with E-state index in [0.29, 0.717) is 0 Å². The molecule has 0 amide bonds. The Balaban J connectivity index is 3.54. The third-order valence-electron chi connectivity index (χ3n) is 1.81. The molecule has 0 aliphatic rings. The molecule has 0 fully saturated rings. The molecular weight excluding hydrogens is 200 g/mol. The largest absolute Gasteiger partial charge is 0.506 e. The van der Waals surface area contributed by atoms with Gasteiger partial charge in [-0.1, -0.05) is 0 Å². The molecule has 0 heterocycles. The van der Waals surface area contributed by atoms with Crippen LogP contribution in [0.2, 0.25) is 0 Å². The number of carbonyl (C=O) groups excluding carboxylic acids is 1. The van der Waals surface area contributed by atoms with Crippen LogP contribution >= 0.6 is 0 Å². The lowest BCUT2D eigenvalue weighted by Gasteiger charge is -2.02. The number of nitro benzene ring substituents is 1. The average Bonchev–Trinajstić information content (AvgIpc) is 2.17. The number of phenols is 1. The Morgan fingerprint density at radius 3 is 2.60 bits per heavy atom. The number of phenolic OH excluding ortho intramolecular Hbond substituents is 1. The van der Waals surface area contributed by atoms with Gasteiger partial charge in [-0.05, 0) is 6.92 Å². The van der Waals surface area contributed by atoms with E-state index in [9.17, 15) is 20.0 Å². The van der Waals surface area contributed by atoms with Crippen molar-refractivity contribution < 1.29 is 14.8 Å². The molecule has 0 unspecified atom stereocenters. The fourth-order valence-corrected chi connectivity index (χ4v) is 1.08. The monoisotopic (exact) mass is 206 g/mol. The molecule has 0 atom stereocenters. The molecule has 6 heteroatoms. The van der Waals surface area contributed by atoms with Crippen LogP contribution in [0.5, 0.6) is 5.75 Å². The van der Waals surface area contributed by atoms with Crippen LogP contribution in [-0.2, 0) is 0 Å². The molecule has 0 spiro atoms. The fraction of sp³-hybridized carbons (Fsp3) is 0.111. The molecule has 0 aliphatic heterocycles. The first-order chi connectivity index (χ1) is 6.97. The summed E-state index contributed by atoms with van der Waals surface area (Å²) in [5.41, 5.74) is -0.898. The molecule has 0 saturated carbocycles. The van der Waals surface area contributed by atoms with Gasteiger partial charge in [-0.25, -0.2) is 0 Å². The van der Waals surface area contributed by atoms with Gasteiger partial charge in [-0.15, -0.1) is 0 Å². The van der Waals surface area contributed by atoms with Crippen LogP contribution in [0.3, 0.4) is 0 Å². The molecule has 6 nitrogen and oxygen atoms in total. The highest BCUT2D eigenvalue weighted by atomic mass is 16.6. The maximum Gasteiger partial charge on any atom is 0.271 e. The summed E-state index contributed by atoms with van der Waals surface area (Å²) >= 11 is 0. The van der Waals surface area contributed by atoms with Crippen molar-refractivity contribution in [2.24, 2.45) is 0 Å². The predicted molar refractivity (Wildman–Crippen MR) is 49.5 cm³/mol. The molecule has 15 heavy (non-hydrogen) atoms. The highest BCUT2D eigenvalue weighted by Gasteiger charge is 2.18. The Morgan fingerprint density at radius 2 is 2.20 bits per heavy atom. The Morgan fingerprint density at radius 1 is 1.60 bits per heavy atom. The molecule has 1 N–H and O–H groups in total. The van der Waals surface area contributed by atoms with Crippen LogP contribution in [0.1, 0.15) is 22.8 Å². The van der Waals surface area contributed by atoms with Gasteiger partial charge in [0.05, 0.1) is 10.5 Å². The van der Waals surface area contributed by atoms with Gasteiger partial charge in [0.1, 0.15) is 17.4 Å². The van der Waals surface area contributed by atoms with Crippen molar-refractivity contribution >= 4 is 11.5 Å². The second-order valence-electron chi connectivity index (χ2n) is 2.81. The molecule has 0 aromatic heterocycles. The SMILES string of the molecule is CC(=O)c1cc([N+](=O)[O-])cc(C#N)c1O. The van der Waals surface area contributed by atoms with Gasteiger partial charge in [-0.3, -0.25) is 14.9 Å². The summed E-state index contributed by atoms with van der Waals surface area (Å²) in [6.45, 7) is 1.15. The zero-order chi connectivity index (χ0) is 11.6. The number of rotatable bonds is 2. The number of non-ortho nitro benzene ring substituents is 1. The quantitative estimate of drug-likeness (QED) is 0.447. The Hall–Kier alpha value is -2.42. The van der Waals surface area contributed by atoms with E-state index in [2.05, 4.69) is 0 Å². The predicted octanol–water partition coefficient (Wildman–Crippen LogP) is 1.37. The molecule has 1 aromatic rings. The highest BCUT2D eigenvalue weighted by Crippen LogP contribution is 2.27. The molecular formula is C9H6N2O4. The Labute approximate surface area is 84.5 Å². The number of benzene rings is 1. The minimum atomic E-state index is -0.729. The molecule has 0 aliphatic carbocycles. The molecule has 1 rings (SSSR count). The molecule has 0 saturated heterocycles. The number of aromatic hydroxyl groups is 1. The smallest absolute Gasteiger partial charge is 0.271 e. The van der Waals surface area contributed by atoms with Crippen molar-refractivity contribution in [3.05, 3.63) is 33.4 Å². The van der Waals surface area contributed by atoms with Crippen molar-refractivity contribution in [2.45, 2.75) is 6.92 Å². The van der Waals surface area contributed by atoms with Crippen LogP contribution in [-0.4, -0.2) is 15.8 Å². The van der Waals surface area contributed by atoms with Crippen LogP contribution in [0.25, 0.3) is 0 Å². The minimum Gasteiger partial charge on any atom is -0.506 e. The van der Waals surface area contributed by atoms with Crippen molar-refractivity contribution in [2.75, 3.05) is 0 Å². The maximum absolute atomic E-state index is 11.0. The van der Waals surface area contributed by atoms with E-state index in [0.717, 1.165) is 19.1 Å². The van der Waals surface area contributed by atoms with Gasteiger partial charge < -0.3 is 5.11 Å². The maximum atomic E-state index is 11.0. The number of nitriles is 1. The fourth-order valence-electron chi connectivity index (χ4n) is 1.08. The summed E-state index contributed by atoms with van der Waals surface area (Å²) < 4.78 is 0. The van der Waals surface area contributed by atoms with Crippen LogP contribution in [0.15, 0.2) is 12.1 Å². The van der Waals surface area contributed by atoms with Crippen LogP contribution in [0.4, 0.5) is 5.69 Å². The van der Waals surface area contributed by atoms with Gasteiger partial charge in [0.15, 0.2) is 5.78 Å². The summed E-state index contributed by atoms with van der Waals surface area (Å²) in [7, 11) is 0. The molecule has 1 aromatic carbocycles. The van der Waals surface area contributed by atoms with E-state index in [4.69, 9.17) is 5.26 Å². The number of nitro groups is 1. The van der Waals surface area contributed by atoms with Crippen molar-refractivity contribution in [1.29, 1.82) is 5.26 Å². The molecule has 0 radical (unpaired) electrons. The zero-order valence-electron chi connectivity index (χ0n) is 7.72. The second-order valence-corrected chi connectivity index (χ2v) is 2.81. The lowest BCUT2D eigenvalue weighted by molar-refractivity contribution is -0.384. The number of hydrogen-bond donors (Lipinski definition) is 1. The van der Waals surface area contributed by atoms with Crippen molar-refractivity contribution in [3.63, 3.8) is 0 Å². The zero-order valence-corrected chi connectivity index (χ0v) is 7.72. The summed E-state index contributed by atoms with van der Waals surface area (Å²) in [6, 6.07) is 3.44. The molecule has 76 valence electrons. The summed E-state index contributed by atoms with van der Waals surface area (Å²) in [6.07, 6.45) is 0. The number of hydrogen-bond acceptors (Lipinski definition) is 5. The van der Waals surface area contributed by atoms with Gasteiger partial charge in [0.25, 0.3) is 5.69 Å². The Bertz CT molecular complexity index is 488. The first kappa shape index (κ1) is 10.7. The van der Waals surface area contributed by atoms with E-state index < -0.39 is 22.1 Å². The first-order valence-corrected chi connectivity index (χ1v) is 3.89. The second kappa shape index (κ2) is 3.75. The highest BCUT2D eigenvalue weighted by molar-refractivity contribution is 5.98. The number of ketones is 1. The van der Waals surface area contributed by atoms with E-state index in [-0.39, 0.29) is 11.1 Å². The van der Waals surface area contributed by atoms with Crippen LogP contribution < -0.4 is 0 Å². The van der Waals surface area contributed by atoms with Gasteiger partial charge in [0.2, 0.25) is 0 Å². The van der Waals surface area contributed by atoms with Crippen molar-refractivity contribution in [3.8, 4) is 11.8 Å². The summed E-state index contributed by atoms with van der Waals surface area (Å²) in [5.74, 6) is -1.05. The summed E-state index contributed by atoms with van der Waals surface area (Å²) in [5, 5.41) is 28.4. The number of carbonyl (C=O) groups is 1. The first-order valence-electron chi connectivity index (χ1n) is 3.89. The minimum absolute atomic E-state index is 0.222. The third-order valence-corrected chi connectivity index (χ3v) is 1.81. The van der Waals surface area contributed by atoms with E-state index in [1.165, 1.54) is 0 Å². The van der Waals surface area contributed by atoms with E-state index in [1.807, 2.05) is 0 Å². The van der Waals surface area contributed by atoms with Crippen LogP contribution in [0, 0.1) is 21.4 Å². The topological polar surface area (TPSA) is 104 Å². The lowest BCUT2D eigenvalue weighted by Crippen LogP contribution is -1.98. The van der Waals surface area contributed by atoms with Crippen molar-refractivity contribution in [1.82, 2.24) is 0 Å². The van der Waals surface area contributed by atoms with Gasteiger partial charge >= 0.3 is 0 Å². The number of Topliss-reactive ketones (excluding diaryl/α,β-unsaturated/α-hetero) is 1. The number of nitrogens with zero attached hydrogens (tertiary/aromatic N) is 2. The lowest BCUT2D eigenvalue weighted by atomic mass is 10.1. The average molecular weight is 206 g/mol. The van der Waals surface area contributed by atoms with Gasteiger partial charge in [0, 0.05) is 12.1 Å². The van der Waals surface area contributed by atoms with E-state index in [1.54, 1.807) is 6.07 Å². The standard InChI is InChI=1S/C9H6N2O4/c1-5(12)8-3-7(11(14)15)2-6(4-10)9(8)13/h2-3,13H,1H3. The summed E-state index contributed by atoms with van der Waals surface area (Å²) in [4.78, 5) is 20.7. The Kier molecular flexibility index (Phi) is 2.67. The van der Waals surface area contributed by atoms with E-state index >= 15 is 0 Å².